The second-order valence-electron chi connectivity index (χ2n) is 3.86. The molecular formula is C12H17BrO3. The molecule has 0 aliphatic rings. The molecule has 0 saturated carbocycles. The van der Waals surface area contributed by atoms with E-state index in [0.717, 1.165) is 15.8 Å². The normalized spacial score (nSPS) is 14.6. The SMILES string of the molecule is COc1ccc(Br)cc1C(C)CC(O)CO. The third-order valence-corrected chi connectivity index (χ3v) is 3.05. The van der Waals surface area contributed by atoms with Gasteiger partial charge in [0.05, 0.1) is 19.8 Å². The maximum Gasteiger partial charge on any atom is 0.122 e. The van der Waals surface area contributed by atoms with Gasteiger partial charge in [0.15, 0.2) is 0 Å². The van der Waals surface area contributed by atoms with Crippen LogP contribution >= 0.6 is 15.9 Å². The zero-order valence-corrected chi connectivity index (χ0v) is 11.1. The van der Waals surface area contributed by atoms with Gasteiger partial charge in [0.25, 0.3) is 0 Å². The van der Waals surface area contributed by atoms with Gasteiger partial charge in [-0.05, 0) is 36.1 Å². The quantitative estimate of drug-likeness (QED) is 0.874. The van der Waals surface area contributed by atoms with Gasteiger partial charge in [0, 0.05) is 4.47 Å². The molecule has 0 fully saturated rings. The first-order valence-corrected chi connectivity index (χ1v) is 6.00. The summed E-state index contributed by atoms with van der Waals surface area (Å²) >= 11 is 3.41. The van der Waals surface area contributed by atoms with Crippen LogP contribution < -0.4 is 4.74 Å². The zero-order valence-electron chi connectivity index (χ0n) is 9.48. The van der Waals surface area contributed by atoms with Crippen LogP contribution in [0.25, 0.3) is 0 Å². The second kappa shape index (κ2) is 6.23. The Morgan fingerprint density at radius 2 is 2.12 bits per heavy atom. The fourth-order valence-corrected chi connectivity index (χ4v) is 2.08. The van der Waals surface area contributed by atoms with Gasteiger partial charge in [0.2, 0.25) is 0 Å². The highest BCUT2D eigenvalue weighted by molar-refractivity contribution is 9.10. The van der Waals surface area contributed by atoms with Gasteiger partial charge in [0.1, 0.15) is 5.75 Å². The fraction of sp³-hybridized carbons (Fsp3) is 0.500. The van der Waals surface area contributed by atoms with Crippen molar-refractivity contribution in [3.05, 3.63) is 28.2 Å². The Hall–Kier alpha value is -0.580. The summed E-state index contributed by atoms with van der Waals surface area (Å²) in [5.41, 5.74) is 1.03. The van der Waals surface area contributed by atoms with Crippen LogP contribution in [0, 0.1) is 0 Å². The number of aliphatic hydroxyl groups is 2. The molecule has 0 aromatic heterocycles. The molecule has 3 nitrogen and oxygen atoms in total. The Labute approximate surface area is 104 Å². The standard InChI is InChI=1S/C12H17BrO3/c1-8(5-10(15)7-14)11-6-9(13)3-4-12(11)16-2/h3-4,6,8,10,14-15H,5,7H2,1-2H3. The minimum Gasteiger partial charge on any atom is -0.496 e. The van der Waals surface area contributed by atoms with Crippen LogP contribution in [-0.4, -0.2) is 30.0 Å². The Bertz CT molecular complexity index is 341. The molecule has 1 rings (SSSR count). The summed E-state index contributed by atoms with van der Waals surface area (Å²) in [6.07, 6.45) is -0.165. The van der Waals surface area contributed by atoms with Gasteiger partial charge in [-0.2, -0.15) is 0 Å². The Kier molecular flexibility index (Phi) is 5.25. The van der Waals surface area contributed by atoms with Crippen LogP contribution in [0.3, 0.4) is 0 Å². The number of benzene rings is 1. The first-order chi connectivity index (χ1) is 7.58. The molecule has 0 aliphatic heterocycles. The van der Waals surface area contributed by atoms with E-state index in [9.17, 15) is 5.11 Å². The van der Waals surface area contributed by atoms with Crippen molar-refractivity contribution in [2.75, 3.05) is 13.7 Å². The van der Waals surface area contributed by atoms with Crippen LogP contribution in [0.5, 0.6) is 5.75 Å². The fourth-order valence-electron chi connectivity index (χ4n) is 1.70. The summed E-state index contributed by atoms with van der Waals surface area (Å²) in [6.45, 7) is 1.80. The van der Waals surface area contributed by atoms with Crippen molar-refractivity contribution in [1.29, 1.82) is 0 Å². The minimum absolute atomic E-state index is 0.134. The van der Waals surface area contributed by atoms with E-state index < -0.39 is 6.10 Å². The average Bonchev–Trinajstić information content (AvgIpc) is 2.28. The Morgan fingerprint density at radius 1 is 1.44 bits per heavy atom. The molecule has 1 aromatic rings. The molecule has 1 aromatic carbocycles. The molecule has 0 saturated heterocycles. The maximum atomic E-state index is 9.42. The largest absolute Gasteiger partial charge is 0.496 e. The van der Waals surface area contributed by atoms with Crippen LogP contribution in [0.2, 0.25) is 0 Å². The molecule has 4 heteroatoms. The van der Waals surface area contributed by atoms with Crippen molar-refractivity contribution in [1.82, 2.24) is 0 Å². The molecule has 90 valence electrons. The topological polar surface area (TPSA) is 49.7 Å². The van der Waals surface area contributed by atoms with Gasteiger partial charge in [-0.15, -0.1) is 0 Å². The molecule has 0 amide bonds. The number of hydrogen-bond donors (Lipinski definition) is 2. The third kappa shape index (κ3) is 3.47. The van der Waals surface area contributed by atoms with E-state index in [1.807, 2.05) is 25.1 Å². The van der Waals surface area contributed by atoms with Crippen molar-refractivity contribution >= 4 is 15.9 Å². The number of halogens is 1. The van der Waals surface area contributed by atoms with Crippen LogP contribution in [0.4, 0.5) is 0 Å². The maximum absolute atomic E-state index is 9.42. The molecule has 2 unspecified atom stereocenters. The first kappa shape index (κ1) is 13.5. The molecule has 2 atom stereocenters. The molecule has 16 heavy (non-hydrogen) atoms. The number of methoxy groups -OCH3 is 1. The molecule has 0 heterocycles. The van der Waals surface area contributed by atoms with E-state index >= 15 is 0 Å². The summed E-state index contributed by atoms with van der Waals surface area (Å²) in [4.78, 5) is 0. The summed E-state index contributed by atoms with van der Waals surface area (Å²) in [5.74, 6) is 0.940. The first-order valence-electron chi connectivity index (χ1n) is 5.20. The van der Waals surface area contributed by atoms with Crippen molar-refractivity contribution in [3.8, 4) is 5.75 Å². The highest BCUT2D eigenvalue weighted by atomic mass is 79.9. The lowest BCUT2D eigenvalue weighted by Crippen LogP contribution is -2.15. The van der Waals surface area contributed by atoms with E-state index in [1.165, 1.54) is 0 Å². The number of ether oxygens (including phenoxy) is 1. The smallest absolute Gasteiger partial charge is 0.122 e. The van der Waals surface area contributed by atoms with Crippen LogP contribution in [0.1, 0.15) is 24.8 Å². The zero-order chi connectivity index (χ0) is 12.1. The van der Waals surface area contributed by atoms with Gasteiger partial charge in [-0.25, -0.2) is 0 Å². The van der Waals surface area contributed by atoms with E-state index in [0.29, 0.717) is 6.42 Å². The number of rotatable bonds is 5. The summed E-state index contributed by atoms with van der Waals surface area (Å²) in [7, 11) is 1.63. The van der Waals surface area contributed by atoms with Crippen molar-refractivity contribution in [2.24, 2.45) is 0 Å². The van der Waals surface area contributed by atoms with Gasteiger partial charge in [-0.3, -0.25) is 0 Å². The lowest BCUT2D eigenvalue weighted by Gasteiger charge is -2.18. The third-order valence-electron chi connectivity index (χ3n) is 2.56. The second-order valence-corrected chi connectivity index (χ2v) is 4.78. The molecular weight excluding hydrogens is 272 g/mol. The Morgan fingerprint density at radius 3 is 2.69 bits per heavy atom. The van der Waals surface area contributed by atoms with Gasteiger partial charge in [-0.1, -0.05) is 22.9 Å². The molecule has 0 spiro atoms. The summed E-state index contributed by atoms with van der Waals surface area (Å²) in [5, 5.41) is 18.2. The molecule has 0 aliphatic carbocycles. The van der Waals surface area contributed by atoms with Gasteiger partial charge >= 0.3 is 0 Å². The minimum atomic E-state index is -0.682. The monoisotopic (exact) mass is 288 g/mol. The van der Waals surface area contributed by atoms with E-state index in [2.05, 4.69) is 15.9 Å². The van der Waals surface area contributed by atoms with E-state index in [4.69, 9.17) is 9.84 Å². The van der Waals surface area contributed by atoms with Crippen LogP contribution in [0.15, 0.2) is 22.7 Å². The van der Waals surface area contributed by atoms with Crippen molar-refractivity contribution < 1.29 is 14.9 Å². The average molecular weight is 289 g/mol. The highest BCUT2D eigenvalue weighted by Gasteiger charge is 2.15. The van der Waals surface area contributed by atoms with E-state index in [-0.39, 0.29) is 12.5 Å². The summed E-state index contributed by atoms with van der Waals surface area (Å²) < 4.78 is 6.25. The number of aliphatic hydroxyl groups excluding tert-OH is 2. The molecule has 0 radical (unpaired) electrons. The molecule has 2 N–H and O–H groups in total. The van der Waals surface area contributed by atoms with Crippen molar-refractivity contribution in [2.45, 2.75) is 25.4 Å². The summed E-state index contributed by atoms with van der Waals surface area (Å²) in [6, 6.07) is 5.78. The lowest BCUT2D eigenvalue weighted by molar-refractivity contribution is 0.0833. The lowest BCUT2D eigenvalue weighted by atomic mass is 9.94. The predicted octanol–water partition coefficient (Wildman–Crippen LogP) is 2.30. The highest BCUT2D eigenvalue weighted by Crippen LogP contribution is 2.31. The number of hydrogen-bond acceptors (Lipinski definition) is 3. The molecule has 0 bridgehead atoms. The van der Waals surface area contributed by atoms with Crippen LogP contribution in [-0.2, 0) is 0 Å². The van der Waals surface area contributed by atoms with Crippen molar-refractivity contribution in [3.63, 3.8) is 0 Å². The predicted molar refractivity (Wildman–Crippen MR) is 66.8 cm³/mol. The Balaban J connectivity index is 2.88. The van der Waals surface area contributed by atoms with Gasteiger partial charge < -0.3 is 14.9 Å². The van der Waals surface area contributed by atoms with E-state index in [1.54, 1.807) is 7.11 Å².